The van der Waals surface area contributed by atoms with Gasteiger partial charge in [0.05, 0.1) is 18.4 Å². The van der Waals surface area contributed by atoms with Crippen molar-refractivity contribution in [2.24, 2.45) is 0 Å². The Morgan fingerprint density at radius 3 is 2.48 bits per heavy atom. The number of aliphatic hydroxyl groups excluding tert-OH is 1. The summed E-state index contributed by atoms with van der Waals surface area (Å²) in [5.74, 6) is -2.57. The van der Waals surface area contributed by atoms with Crippen molar-refractivity contribution in [1.82, 2.24) is 0 Å². The minimum atomic E-state index is -0.901. The first-order chi connectivity index (χ1) is 11.0. The predicted octanol–water partition coefficient (Wildman–Crippen LogP) is 2.68. The number of amides is 2. The minimum Gasteiger partial charge on any atom is -0.502 e. The van der Waals surface area contributed by atoms with Gasteiger partial charge in [0.2, 0.25) is 0 Å². The Hall–Kier alpha value is -3.15. The lowest BCUT2D eigenvalue weighted by atomic mass is 10.0. The van der Waals surface area contributed by atoms with E-state index in [1.807, 2.05) is 0 Å². The number of carbonyl (C=O) groups excluding carboxylic acids is 2. The van der Waals surface area contributed by atoms with Crippen LogP contribution in [0.4, 0.5) is 10.1 Å². The molecule has 2 aromatic carbocycles. The van der Waals surface area contributed by atoms with Crippen LogP contribution in [0.2, 0.25) is 0 Å². The molecular weight excluding hydrogens is 301 g/mol. The van der Waals surface area contributed by atoms with Crippen LogP contribution in [0.25, 0.3) is 5.57 Å². The molecule has 0 fully saturated rings. The molecule has 0 radical (unpaired) electrons. The lowest BCUT2D eigenvalue weighted by Crippen LogP contribution is -2.31. The Morgan fingerprint density at radius 1 is 1.04 bits per heavy atom. The molecule has 1 aliphatic heterocycles. The highest BCUT2D eigenvalue weighted by Crippen LogP contribution is 2.35. The average Bonchev–Trinajstić information content (AvgIpc) is 2.77. The van der Waals surface area contributed by atoms with Crippen molar-refractivity contribution in [3.8, 4) is 5.75 Å². The van der Waals surface area contributed by atoms with Gasteiger partial charge in [0.1, 0.15) is 11.6 Å². The van der Waals surface area contributed by atoms with Gasteiger partial charge in [-0.05, 0) is 24.3 Å². The van der Waals surface area contributed by atoms with E-state index in [1.165, 1.54) is 25.3 Å². The van der Waals surface area contributed by atoms with Crippen LogP contribution in [-0.4, -0.2) is 24.0 Å². The van der Waals surface area contributed by atoms with E-state index < -0.39 is 23.4 Å². The molecule has 0 saturated heterocycles. The number of para-hydroxylation sites is 1. The second-order valence-electron chi connectivity index (χ2n) is 4.85. The standard InChI is InChI=1S/C17H12FNO4/c1-23-13-8-3-2-7-12(13)14-15(20)17(22)19(16(14)21)11-6-4-5-10(18)9-11/h2-9,20H,1H3. The summed E-state index contributed by atoms with van der Waals surface area (Å²) < 4.78 is 18.5. The number of anilines is 1. The molecule has 0 saturated carbocycles. The predicted molar refractivity (Wildman–Crippen MR) is 81.4 cm³/mol. The van der Waals surface area contributed by atoms with Crippen molar-refractivity contribution in [1.29, 1.82) is 0 Å². The van der Waals surface area contributed by atoms with Crippen molar-refractivity contribution < 1.29 is 23.8 Å². The molecule has 0 bridgehead atoms. The monoisotopic (exact) mass is 313 g/mol. The van der Waals surface area contributed by atoms with Crippen molar-refractivity contribution >= 4 is 23.1 Å². The van der Waals surface area contributed by atoms with Gasteiger partial charge in [0, 0.05) is 5.56 Å². The Morgan fingerprint density at radius 2 is 1.78 bits per heavy atom. The van der Waals surface area contributed by atoms with Crippen molar-refractivity contribution in [2.75, 3.05) is 12.0 Å². The number of halogens is 1. The lowest BCUT2D eigenvalue weighted by molar-refractivity contribution is -0.121. The molecule has 0 aromatic heterocycles. The quantitative estimate of drug-likeness (QED) is 0.885. The van der Waals surface area contributed by atoms with Gasteiger partial charge in [-0.2, -0.15) is 0 Å². The van der Waals surface area contributed by atoms with Crippen LogP contribution in [0.3, 0.4) is 0 Å². The van der Waals surface area contributed by atoms with E-state index in [-0.39, 0.29) is 11.3 Å². The summed E-state index contributed by atoms with van der Waals surface area (Å²) in [7, 11) is 1.42. The summed E-state index contributed by atoms with van der Waals surface area (Å²) in [4.78, 5) is 25.6. The van der Waals surface area contributed by atoms with E-state index in [0.717, 1.165) is 11.0 Å². The summed E-state index contributed by atoms with van der Waals surface area (Å²) in [6.07, 6.45) is 0. The third-order valence-corrected chi connectivity index (χ3v) is 3.50. The molecule has 1 N–H and O–H groups in total. The molecule has 0 atom stereocenters. The van der Waals surface area contributed by atoms with Gasteiger partial charge < -0.3 is 9.84 Å². The fourth-order valence-corrected chi connectivity index (χ4v) is 2.46. The largest absolute Gasteiger partial charge is 0.502 e. The van der Waals surface area contributed by atoms with Crippen LogP contribution in [0.5, 0.6) is 5.75 Å². The summed E-state index contributed by atoms with van der Waals surface area (Å²) >= 11 is 0. The maximum absolute atomic E-state index is 13.4. The first-order valence-corrected chi connectivity index (χ1v) is 6.75. The van der Waals surface area contributed by atoms with Crippen LogP contribution in [0.1, 0.15) is 5.56 Å². The molecule has 0 spiro atoms. The van der Waals surface area contributed by atoms with Gasteiger partial charge in [-0.1, -0.05) is 24.3 Å². The molecule has 2 amide bonds. The summed E-state index contributed by atoms with van der Waals surface area (Å²) in [6.45, 7) is 0. The highest BCUT2D eigenvalue weighted by atomic mass is 19.1. The maximum Gasteiger partial charge on any atom is 0.301 e. The van der Waals surface area contributed by atoms with E-state index in [4.69, 9.17) is 4.74 Å². The van der Waals surface area contributed by atoms with Gasteiger partial charge >= 0.3 is 5.91 Å². The number of hydrogen-bond donors (Lipinski definition) is 1. The van der Waals surface area contributed by atoms with Gasteiger partial charge in [-0.3, -0.25) is 9.59 Å². The second kappa shape index (κ2) is 5.57. The molecular formula is C17H12FNO4. The maximum atomic E-state index is 13.4. The number of carbonyl (C=O) groups is 2. The molecule has 0 aliphatic carbocycles. The zero-order chi connectivity index (χ0) is 16.6. The number of ether oxygens (including phenoxy) is 1. The van der Waals surface area contributed by atoms with E-state index in [9.17, 15) is 19.1 Å². The number of aliphatic hydroxyl groups is 1. The first-order valence-electron chi connectivity index (χ1n) is 6.75. The zero-order valence-corrected chi connectivity index (χ0v) is 12.1. The van der Waals surface area contributed by atoms with Gasteiger partial charge in [-0.25, -0.2) is 9.29 Å². The Balaban J connectivity index is 2.10. The molecule has 6 heteroatoms. The average molecular weight is 313 g/mol. The van der Waals surface area contributed by atoms with Gasteiger partial charge in [0.15, 0.2) is 5.76 Å². The number of nitrogens with zero attached hydrogens (tertiary/aromatic N) is 1. The van der Waals surface area contributed by atoms with Crippen molar-refractivity contribution in [3.05, 3.63) is 65.7 Å². The van der Waals surface area contributed by atoms with Crippen LogP contribution < -0.4 is 9.64 Å². The van der Waals surface area contributed by atoms with Crippen LogP contribution in [-0.2, 0) is 9.59 Å². The van der Waals surface area contributed by atoms with Crippen molar-refractivity contribution in [3.63, 3.8) is 0 Å². The Bertz CT molecular complexity index is 844. The van der Waals surface area contributed by atoms with Crippen LogP contribution in [0, 0.1) is 5.82 Å². The topological polar surface area (TPSA) is 66.8 Å². The van der Waals surface area contributed by atoms with E-state index in [0.29, 0.717) is 11.3 Å². The molecule has 5 nitrogen and oxygen atoms in total. The fourth-order valence-electron chi connectivity index (χ4n) is 2.46. The zero-order valence-electron chi connectivity index (χ0n) is 12.1. The lowest BCUT2D eigenvalue weighted by Gasteiger charge is -2.15. The highest BCUT2D eigenvalue weighted by Gasteiger charge is 2.41. The Kier molecular flexibility index (Phi) is 3.57. The van der Waals surface area contributed by atoms with Gasteiger partial charge in [-0.15, -0.1) is 0 Å². The Labute approximate surface area is 131 Å². The molecule has 1 heterocycles. The van der Waals surface area contributed by atoms with E-state index in [2.05, 4.69) is 0 Å². The fraction of sp³-hybridized carbons (Fsp3) is 0.0588. The normalized spacial score (nSPS) is 14.6. The number of methoxy groups -OCH3 is 1. The molecule has 116 valence electrons. The summed E-state index contributed by atoms with van der Waals surface area (Å²) in [5.41, 5.74) is 0.179. The number of rotatable bonds is 3. The van der Waals surface area contributed by atoms with Crippen LogP contribution >= 0.6 is 0 Å². The molecule has 3 rings (SSSR count). The minimum absolute atomic E-state index is 0.0523. The summed E-state index contributed by atoms with van der Waals surface area (Å²) in [5, 5.41) is 10.1. The summed E-state index contributed by atoms with van der Waals surface area (Å²) in [6, 6.07) is 11.6. The number of imide groups is 1. The molecule has 1 aliphatic rings. The third kappa shape index (κ3) is 2.34. The molecule has 0 unspecified atom stereocenters. The van der Waals surface area contributed by atoms with Gasteiger partial charge in [0.25, 0.3) is 5.91 Å². The van der Waals surface area contributed by atoms with Crippen LogP contribution in [0.15, 0.2) is 54.3 Å². The number of hydrogen-bond acceptors (Lipinski definition) is 4. The molecule has 23 heavy (non-hydrogen) atoms. The SMILES string of the molecule is COc1ccccc1C1=C(O)C(=O)N(c2cccc(F)c2)C1=O. The highest BCUT2D eigenvalue weighted by molar-refractivity contribution is 6.45. The first kappa shape index (κ1) is 14.8. The smallest absolute Gasteiger partial charge is 0.301 e. The molecule has 2 aromatic rings. The third-order valence-electron chi connectivity index (χ3n) is 3.50. The number of benzene rings is 2. The van der Waals surface area contributed by atoms with E-state index in [1.54, 1.807) is 24.3 Å². The van der Waals surface area contributed by atoms with E-state index >= 15 is 0 Å². The van der Waals surface area contributed by atoms with Crippen molar-refractivity contribution in [2.45, 2.75) is 0 Å². The second-order valence-corrected chi connectivity index (χ2v) is 4.85.